The molecule has 0 atom stereocenters. The molecule has 1 aliphatic heterocycles. The van der Waals surface area contributed by atoms with Crippen LogP contribution in [0.5, 0.6) is 0 Å². The molecule has 1 aromatic carbocycles. The predicted molar refractivity (Wildman–Crippen MR) is 68.6 cm³/mol. The van der Waals surface area contributed by atoms with Crippen LogP contribution < -0.4 is 10.6 Å². The maximum Gasteiger partial charge on any atom is 0.259 e. The highest BCUT2D eigenvalue weighted by atomic mass is 35.5. The summed E-state index contributed by atoms with van der Waals surface area (Å²) in [4.78, 5) is 30.8. The van der Waals surface area contributed by atoms with Crippen LogP contribution in [-0.4, -0.2) is 21.8 Å². The lowest BCUT2D eigenvalue weighted by Crippen LogP contribution is -2.19. The Balaban J connectivity index is 1.96. The minimum Gasteiger partial charge on any atom is -0.338 e. The number of hydrogen-bond donors (Lipinski definition) is 2. The lowest BCUT2D eigenvalue weighted by Gasteiger charge is -2.07. The number of nitrogens with one attached hydrogen (secondary N) is 2. The Labute approximate surface area is 112 Å². The van der Waals surface area contributed by atoms with Gasteiger partial charge in [0, 0.05) is 18.1 Å². The Kier molecular flexibility index (Phi) is 2.64. The summed E-state index contributed by atoms with van der Waals surface area (Å²) in [7, 11) is 0. The average Bonchev–Trinajstić information content (AvgIpc) is 2.68. The number of amides is 2. The zero-order valence-corrected chi connectivity index (χ0v) is 10.2. The maximum absolute atomic E-state index is 11.5. The second-order valence-electron chi connectivity index (χ2n) is 3.86. The van der Waals surface area contributed by atoms with Crippen molar-refractivity contribution >= 4 is 34.9 Å². The van der Waals surface area contributed by atoms with Gasteiger partial charge in [0.15, 0.2) is 11.0 Å². The van der Waals surface area contributed by atoms with E-state index >= 15 is 0 Å². The first-order chi connectivity index (χ1) is 9.15. The van der Waals surface area contributed by atoms with Crippen molar-refractivity contribution in [1.82, 2.24) is 15.3 Å². The van der Waals surface area contributed by atoms with Crippen molar-refractivity contribution in [2.75, 3.05) is 5.32 Å². The third-order valence-electron chi connectivity index (χ3n) is 2.65. The Morgan fingerprint density at radius 1 is 1.05 bits per heavy atom. The van der Waals surface area contributed by atoms with E-state index in [9.17, 15) is 9.59 Å². The number of benzene rings is 1. The van der Waals surface area contributed by atoms with Gasteiger partial charge in [-0.05, 0) is 18.2 Å². The second kappa shape index (κ2) is 4.33. The Hall–Kier alpha value is -2.47. The minimum absolute atomic E-state index is 0.225. The first-order valence-electron chi connectivity index (χ1n) is 5.38. The predicted octanol–water partition coefficient (Wildman–Crippen LogP) is 1.76. The molecule has 2 heterocycles. The number of fused-ring (bicyclic) bond motifs is 1. The van der Waals surface area contributed by atoms with Crippen molar-refractivity contribution in [3.63, 3.8) is 0 Å². The van der Waals surface area contributed by atoms with Crippen LogP contribution in [0.3, 0.4) is 0 Å². The van der Waals surface area contributed by atoms with Crippen LogP contribution in [0, 0.1) is 0 Å². The molecule has 0 saturated carbocycles. The molecule has 0 unspecified atom stereocenters. The van der Waals surface area contributed by atoms with Crippen LogP contribution in [0.15, 0.2) is 30.6 Å². The SMILES string of the molecule is O=C1NC(=O)c2cc(Nc3nccnc3Cl)ccc21. The van der Waals surface area contributed by atoms with Gasteiger partial charge < -0.3 is 5.32 Å². The van der Waals surface area contributed by atoms with Crippen molar-refractivity contribution in [2.24, 2.45) is 0 Å². The molecule has 0 radical (unpaired) electrons. The molecule has 0 aliphatic carbocycles. The first kappa shape index (κ1) is 11.6. The summed E-state index contributed by atoms with van der Waals surface area (Å²) in [6.07, 6.45) is 2.97. The summed E-state index contributed by atoms with van der Waals surface area (Å²) in [6, 6.07) is 4.81. The summed E-state index contributed by atoms with van der Waals surface area (Å²) in [5.74, 6) is -0.410. The molecule has 0 bridgehead atoms. The van der Waals surface area contributed by atoms with Crippen molar-refractivity contribution in [1.29, 1.82) is 0 Å². The lowest BCUT2D eigenvalue weighted by atomic mass is 10.1. The molecular formula is C12H7ClN4O2. The summed E-state index contributed by atoms with van der Waals surface area (Å²) >= 11 is 5.87. The van der Waals surface area contributed by atoms with E-state index < -0.39 is 5.91 Å². The van der Waals surface area contributed by atoms with E-state index in [4.69, 9.17) is 11.6 Å². The number of rotatable bonds is 2. The third kappa shape index (κ3) is 2.02. The van der Waals surface area contributed by atoms with Crippen LogP contribution in [0.25, 0.3) is 0 Å². The van der Waals surface area contributed by atoms with Crippen LogP contribution in [0.2, 0.25) is 5.15 Å². The number of carbonyl (C=O) groups excluding carboxylic acids is 2. The Morgan fingerprint density at radius 3 is 2.58 bits per heavy atom. The van der Waals surface area contributed by atoms with Crippen LogP contribution in [0.4, 0.5) is 11.5 Å². The number of aromatic nitrogens is 2. The second-order valence-corrected chi connectivity index (χ2v) is 4.22. The van der Waals surface area contributed by atoms with Gasteiger partial charge in [0.25, 0.3) is 11.8 Å². The fraction of sp³-hybridized carbons (Fsp3) is 0. The third-order valence-corrected chi connectivity index (χ3v) is 2.93. The van der Waals surface area contributed by atoms with Gasteiger partial charge >= 0.3 is 0 Å². The lowest BCUT2D eigenvalue weighted by molar-refractivity contribution is 0.0879. The molecule has 2 aromatic rings. The molecule has 19 heavy (non-hydrogen) atoms. The molecule has 94 valence electrons. The Bertz CT molecular complexity index is 702. The molecule has 6 nitrogen and oxygen atoms in total. The van der Waals surface area contributed by atoms with Gasteiger partial charge in [-0.25, -0.2) is 9.97 Å². The van der Waals surface area contributed by atoms with Gasteiger partial charge in [-0.1, -0.05) is 11.6 Å². The number of hydrogen-bond acceptors (Lipinski definition) is 5. The molecule has 2 amide bonds. The highest BCUT2D eigenvalue weighted by Gasteiger charge is 2.26. The fourth-order valence-corrected chi connectivity index (χ4v) is 1.94. The normalized spacial score (nSPS) is 13.1. The summed E-state index contributed by atoms with van der Waals surface area (Å²) in [5, 5.41) is 5.39. The van der Waals surface area contributed by atoms with Gasteiger partial charge in [-0.3, -0.25) is 14.9 Å². The standard InChI is InChI=1S/C12H7ClN4O2/c13-9-10(15-4-3-14-9)16-6-1-2-7-8(5-6)12(19)17-11(7)18/h1-5H,(H,15,16)(H,17,18,19). The van der Waals surface area contributed by atoms with Gasteiger partial charge in [-0.15, -0.1) is 0 Å². The molecule has 0 fully saturated rings. The zero-order valence-electron chi connectivity index (χ0n) is 9.48. The monoisotopic (exact) mass is 274 g/mol. The molecule has 1 aromatic heterocycles. The molecule has 7 heteroatoms. The largest absolute Gasteiger partial charge is 0.338 e. The quantitative estimate of drug-likeness (QED) is 0.815. The van der Waals surface area contributed by atoms with Crippen molar-refractivity contribution in [3.8, 4) is 0 Å². The van der Waals surface area contributed by atoms with Gasteiger partial charge in [-0.2, -0.15) is 0 Å². The molecular weight excluding hydrogens is 268 g/mol. The molecule has 0 spiro atoms. The van der Waals surface area contributed by atoms with Crippen molar-refractivity contribution < 1.29 is 9.59 Å². The van der Waals surface area contributed by atoms with Crippen molar-refractivity contribution in [2.45, 2.75) is 0 Å². The van der Waals surface area contributed by atoms with E-state index in [1.807, 2.05) is 0 Å². The van der Waals surface area contributed by atoms with E-state index in [1.54, 1.807) is 18.2 Å². The van der Waals surface area contributed by atoms with Crippen LogP contribution in [-0.2, 0) is 0 Å². The molecule has 3 rings (SSSR count). The van der Waals surface area contributed by atoms with Gasteiger partial charge in [0.05, 0.1) is 11.1 Å². The number of nitrogens with zero attached hydrogens (tertiary/aromatic N) is 2. The summed E-state index contributed by atoms with van der Waals surface area (Å²) in [6.45, 7) is 0. The topological polar surface area (TPSA) is 84.0 Å². The first-order valence-corrected chi connectivity index (χ1v) is 5.76. The highest BCUT2D eigenvalue weighted by Crippen LogP contribution is 2.24. The zero-order chi connectivity index (χ0) is 13.4. The van der Waals surface area contributed by atoms with Crippen LogP contribution in [0.1, 0.15) is 20.7 Å². The number of imide groups is 1. The number of anilines is 2. The van der Waals surface area contributed by atoms with E-state index in [0.29, 0.717) is 22.6 Å². The Morgan fingerprint density at radius 2 is 1.79 bits per heavy atom. The van der Waals surface area contributed by atoms with Crippen molar-refractivity contribution in [3.05, 3.63) is 46.9 Å². The fourth-order valence-electron chi connectivity index (χ4n) is 1.79. The van der Waals surface area contributed by atoms with E-state index in [-0.39, 0.29) is 11.1 Å². The summed E-state index contributed by atoms with van der Waals surface area (Å²) < 4.78 is 0. The van der Waals surface area contributed by atoms with E-state index in [0.717, 1.165) is 0 Å². The molecule has 0 saturated heterocycles. The van der Waals surface area contributed by atoms with Crippen LogP contribution >= 0.6 is 11.6 Å². The molecule has 1 aliphatic rings. The molecule has 2 N–H and O–H groups in total. The van der Waals surface area contributed by atoms with Gasteiger partial charge in [0.1, 0.15) is 0 Å². The number of halogens is 1. The van der Waals surface area contributed by atoms with E-state index in [1.165, 1.54) is 12.4 Å². The smallest absolute Gasteiger partial charge is 0.259 e. The summed E-state index contributed by atoms with van der Waals surface area (Å²) in [5.41, 5.74) is 1.29. The maximum atomic E-state index is 11.5. The average molecular weight is 275 g/mol. The van der Waals surface area contributed by atoms with E-state index in [2.05, 4.69) is 20.6 Å². The highest BCUT2D eigenvalue weighted by molar-refractivity contribution is 6.31. The number of carbonyl (C=O) groups is 2. The minimum atomic E-state index is -0.408. The van der Waals surface area contributed by atoms with Gasteiger partial charge in [0.2, 0.25) is 0 Å².